The van der Waals surface area contributed by atoms with Crippen LogP contribution in [0.25, 0.3) is 49.8 Å². The highest BCUT2D eigenvalue weighted by atomic mass is 16.3. The van der Waals surface area contributed by atoms with Gasteiger partial charge in [0.2, 0.25) is 0 Å². The number of hydrogen-bond donors (Lipinski definition) is 0. The summed E-state index contributed by atoms with van der Waals surface area (Å²) in [6.45, 7) is 32.9. The fraction of sp³-hybridized carbons (Fsp3) is 0.275. The van der Waals surface area contributed by atoms with E-state index in [1.165, 1.54) is 89.0 Å². The summed E-state index contributed by atoms with van der Waals surface area (Å²) in [7, 11) is 0. The Morgan fingerprint density at radius 3 is 1.68 bits per heavy atom. The molecule has 74 heavy (non-hydrogen) atoms. The van der Waals surface area contributed by atoms with Gasteiger partial charge in [0, 0.05) is 61.4 Å². The number of fused-ring (bicyclic) bond motifs is 12. The summed E-state index contributed by atoms with van der Waals surface area (Å²) in [5.41, 5.74) is 25.6. The average molecular weight is 966 g/mol. The van der Waals surface area contributed by atoms with Crippen molar-refractivity contribution in [3.05, 3.63) is 191 Å². The number of anilines is 6. The molecule has 0 radical (unpaired) electrons. The Labute approximate surface area is 438 Å². The lowest BCUT2D eigenvalue weighted by molar-refractivity contribution is 0.590. The summed E-state index contributed by atoms with van der Waals surface area (Å²) < 4.78 is 9.45. The molecule has 3 aliphatic rings. The molecule has 10 aromatic rings. The highest BCUT2D eigenvalue weighted by Crippen LogP contribution is 2.56. The summed E-state index contributed by atoms with van der Waals surface area (Å²) in [4.78, 5) is 5.08. The van der Waals surface area contributed by atoms with Crippen LogP contribution >= 0.6 is 0 Å². The monoisotopic (exact) mass is 966 g/mol. The number of para-hydroxylation sites is 1. The number of nitrogens with zero attached hydrogens (tertiary/aromatic N) is 3. The van der Waals surface area contributed by atoms with E-state index < -0.39 is 0 Å². The first-order chi connectivity index (χ1) is 35.0. The van der Waals surface area contributed by atoms with Crippen molar-refractivity contribution in [1.29, 1.82) is 0 Å². The van der Waals surface area contributed by atoms with Gasteiger partial charge in [0.05, 0.1) is 16.8 Å². The van der Waals surface area contributed by atoms with Crippen LogP contribution in [0.1, 0.15) is 130 Å². The molecule has 2 aliphatic heterocycles. The molecule has 0 saturated carbocycles. The Hall–Kier alpha value is -7.24. The van der Waals surface area contributed by atoms with Crippen molar-refractivity contribution >= 4 is 90.1 Å². The van der Waals surface area contributed by atoms with Gasteiger partial charge in [-0.1, -0.05) is 182 Å². The molecule has 4 nitrogen and oxygen atoms in total. The van der Waals surface area contributed by atoms with E-state index >= 15 is 0 Å². The second-order valence-corrected chi connectivity index (χ2v) is 26.3. The van der Waals surface area contributed by atoms with Gasteiger partial charge in [-0.25, -0.2) is 0 Å². The smallest absolute Gasteiger partial charge is 0.252 e. The minimum Gasteiger partial charge on any atom is -0.456 e. The van der Waals surface area contributed by atoms with Gasteiger partial charge in [-0.2, -0.15) is 0 Å². The Kier molecular flexibility index (Phi) is 9.70. The molecule has 0 N–H and O–H groups in total. The van der Waals surface area contributed by atoms with Crippen molar-refractivity contribution in [2.24, 2.45) is 0 Å². The Balaban J connectivity index is 1.17. The van der Waals surface area contributed by atoms with E-state index in [4.69, 9.17) is 4.42 Å². The zero-order chi connectivity index (χ0) is 51.8. The van der Waals surface area contributed by atoms with Crippen LogP contribution in [0.4, 0.5) is 34.1 Å². The van der Waals surface area contributed by atoms with Gasteiger partial charge < -0.3 is 18.8 Å². The third-order valence-corrected chi connectivity index (χ3v) is 17.0. The van der Waals surface area contributed by atoms with Crippen molar-refractivity contribution in [3.63, 3.8) is 0 Å². The number of benzene rings is 8. The maximum Gasteiger partial charge on any atom is 0.252 e. The minimum atomic E-state index is -0.204. The lowest BCUT2D eigenvalue weighted by Crippen LogP contribution is -2.60. The van der Waals surface area contributed by atoms with Gasteiger partial charge in [0.1, 0.15) is 11.2 Å². The molecule has 1 aliphatic carbocycles. The number of rotatable bonds is 4. The molecule has 2 aromatic heterocycles. The quantitative estimate of drug-likeness (QED) is 0.164. The predicted molar refractivity (Wildman–Crippen MR) is 317 cm³/mol. The summed E-state index contributed by atoms with van der Waals surface area (Å²) in [5, 5.41) is 3.60. The van der Waals surface area contributed by atoms with Gasteiger partial charge in [-0.05, 0) is 144 Å². The fourth-order valence-electron chi connectivity index (χ4n) is 12.9. The van der Waals surface area contributed by atoms with Crippen molar-refractivity contribution in [1.82, 2.24) is 4.57 Å². The molecule has 8 aromatic carbocycles. The molecule has 0 spiro atoms. The van der Waals surface area contributed by atoms with Crippen molar-refractivity contribution in [3.8, 4) is 16.9 Å². The molecule has 0 bridgehead atoms. The van der Waals surface area contributed by atoms with E-state index in [1.807, 2.05) is 0 Å². The fourth-order valence-corrected chi connectivity index (χ4v) is 12.9. The summed E-state index contributed by atoms with van der Waals surface area (Å²) in [6, 6.07) is 60.5. The second kappa shape index (κ2) is 15.4. The third-order valence-electron chi connectivity index (χ3n) is 17.0. The maximum absolute atomic E-state index is 6.74. The largest absolute Gasteiger partial charge is 0.456 e. The van der Waals surface area contributed by atoms with Gasteiger partial charge in [0.15, 0.2) is 0 Å². The van der Waals surface area contributed by atoms with Gasteiger partial charge in [0.25, 0.3) is 6.71 Å². The van der Waals surface area contributed by atoms with E-state index in [0.29, 0.717) is 0 Å². The zero-order valence-corrected chi connectivity index (χ0v) is 45.8. The highest BCUT2D eigenvalue weighted by molar-refractivity contribution is 7.00. The van der Waals surface area contributed by atoms with Gasteiger partial charge >= 0.3 is 0 Å². The molecule has 0 fully saturated rings. The van der Waals surface area contributed by atoms with E-state index in [0.717, 1.165) is 44.7 Å². The van der Waals surface area contributed by atoms with Crippen molar-refractivity contribution < 1.29 is 4.42 Å². The van der Waals surface area contributed by atoms with Gasteiger partial charge in [-0.3, -0.25) is 0 Å². The normalized spacial score (nSPS) is 14.7. The summed E-state index contributed by atoms with van der Waals surface area (Å²) in [6.07, 6.45) is 0. The number of hydrogen-bond acceptors (Lipinski definition) is 3. The van der Waals surface area contributed by atoms with Crippen LogP contribution in [0.2, 0.25) is 0 Å². The maximum atomic E-state index is 6.74. The van der Waals surface area contributed by atoms with Crippen LogP contribution in [0.5, 0.6) is 0 Å². The van der Waals surface area contributed by atoms with E-state index in [9.17, 15) is 0 Å². The first-order valence-electron chi connectivity index (χ1n) is 26.9. The molecule has 0 atom stereocenters. The van der Waals surface area contributed by atoms with E-state index in [1.54, 1.807) is 0 Å². The van der Waals surface area contributed by atoms with Crippen LogP contribution in [0, 0.1) is 0 Å². The minimum absolute atomic E-state index is 0.0231. The topological polar surface area (TPSA) is 24.6 Å². The molecule has 0 saturated heterocycles. The van der Waals surface area contributed by atoms with Crippen molar-refractivity contribution in [2.75, 3.05) is 9.80 Å². The highest BCUT2D eigenvalue weighted by Gasteiger charge is 2.48. The molecular formula is C69H68BN3O. The number of furan rings is 1. The molecule has 0 amide bonds. The zero-order valence-electron chi connectivity index (χ0n) is 45.8. The first kappa shape index (κ1) is 46.5. The molecule has 0 unspecified atom stereocenters. The summed E-state index contributed by atoms with van der Waals surface area (Å²) >= 11 is 0. The van der Waals surface area contributed by atoms with Crippen LogP contribution in [-0.2, 0) is 27.1 Å². The SMILES string of the molecule is CC(C)(C)c1ccc(N(c2ccc(C(C)(C)C)cc2)c2ccc3c(c2)N(c2cccc4oc5ccccc5c24)c2cc(C(C)(C)C)cc4c2B3c2cc(C(C)(C)C)cc3c5c(n-4c23)-c2ccccc2C5(C)C)cc1. The molecule has 5 heteroatoms. The first-order valence-corrected chi connectivity index (χ1v) is 26.9. The predicted octanol–water partition coefficient (Wildman–Crippen LogP) is 17.1. The molecule has 4 heterocycles. The lowest BCUT2D eigenvalue weighted by Gasteiger charge is -2.42. The molecule has 13 rings (SSSR count). The van der Waals surface area contributed by atoms with Crippen molar-refractivity contribution in [2.45, 2.75) is 124 Å². The standard InChI is InChI=1S/C69H68BN3O/c1-65(2,3)41-26-30-45(31-27-41)71(46-32-28-42(29-33-46)66(4,5)6)47-34-35-52-55(40-47)72(54-23-19-25-59-60(54)49-21-16-18-24-58(49)74-59)56-38-44(68(10,11)12)39-57-62(56)70(52)53-37-43(67(7,8)9)36-50-61-64(73(57)63(50)53)48-20-15-17-22-51(48)69(61,13)14/h15-40H,1-14H3. The van der Waals surface area contributed by atoms with E-state index in [2.05, 4.69) is 269 Å². The number of aromatic nitrogens is 1. The Morgan fingerprint density at radius 2 is 1.03 bits per heavy atom. The average Bonchev–Trinajstić information content (AvgIpc) is 4.04. The molecule has 368 valence electrons. The van der Waals surface area contributed by atoms with Crippen LogP contribution in [-0.4, -0.2) is 11.3 Å². The summed E-state index contributed by atoms with van der Waals surface area (Å²) in [5.74, 6) is 0. The van der Waals surface area contributed by atoms with E-state index in [-0.39, 0.29) is 33.8 Å². The van der Waals surface area contributed by atoms with Gasteiger partial charge in [-0.15, -0.1) is 0 Å². The lowest BCUT2D eigenvalue weighted by atomic mass is 9.33. The molecular weight excluding hydrogens is 898 g/mol. The Morgan fingerprint density at radius 1 is 0.459 bits per heavy atom. The van der Waals surface area contributed by atoms with Crippen LogP contribution in [0.3, 0.4) is 0 Å². The van der Waals surface area contributed by atoms with Crippen LogP contribution in [0.15, 0.2) is 162 Å². The second-order valence-electron chi connectivity index (χ2n) is 26.3. The van der Waals surface area contributed by atoms with Crippen LogP contribution < -0.4 is 26.2 Å². The third kappa shape index (κ3) is 6.73. The Bertz CT molecular complexity index is 3910.